The second-order valence-corrected chi connectivity index (χ2v) is 8.28. The summed E-state index contributed by atoms with van der Waals surface area (Å²) in [4.78, 5) is 41.6. The number of benzene rings is 2. The van der Waals surface area contributed by atoms with E-state index in [1.54, 1.807) is 31.2 Å². The van der Waals surface area contributed by atoms with Crippen LogP contribution in [0.4, 0.5) is 5.13 Å². The van der Waals surface area contributed by atoms with Crippen LogP contribution in [0, 0.1) is 0 Å². The van der Waals surface area contributed by atoms with Gasteiger partial charge in [0.2, 0.25) is 11.8 Å². The first kappa shape index (κ1) is 23.4. The van der Waals surface area contributed by atoms with E-state index in [1.807, 2.05) is 30.3 Å². The summed E-state index contributed by atoms with van der Waals surface area (Å²) in [5.74, 6) is -1.12. The zero-order valence-electron chi connectivity index (χ0n) is 17.6. The lowest BCUT2D eigenvalue weighted by Gasteiger charge is -2.17. The summed E-state index contributed by atoms with van der Waals surface area (Å²) < 4.78 is 5.14. The quantitative estimate of drug-likeness (QED) is 0.458. The molecule has 7 nitrogen and oxygen atoms in total. The lowest BCUT2D eigenvalue weighted by Crippen LogP contribution is -2.29. The first-order valence-electron chi connectivity index (χ1n) is 9.93. The molecule has 0 aliphatic rings. The number of hydrogen-bond donors (Lipinski definition) is 2. The van der Waals surface area contributed by atoms with Crippen LogP contribution < -0.4 is 10.6 Å². The van der Waals surface area contributed by atoms with Crippen molar-refractivity contribution >= 4 is 45.9 Å². The fourth-order valence-electron chi connectivity index (χ4n) is 3.05. The minimum Gasteiger partial charge on any atom is -0.462 e. The van der Waals surface area contributed by atoms with Gasteiger partial charge in [-0.25, -0.2) is 9.78 Å². The number of thiazole rings is 1. The van der Waals surface area contributed by atoms with E-state index < -0.39 is 12.0 Å². The van der Waals surface area contributed by atoms with Crippen molar-refractivity contribution in [1.29, 1.82) is 0 Å². The highest BCUT2D eigenvalue weighted by atomic mass is 35.5. The van der Waals surface area contributed by atoms with Gasteiger partial charge in [0.15, 0.2) is 5.13 Å². The van der Waals surface area contributed by atoms with E-state index >= 15 is 0 Å². The van der Waals surface area contributed by atoms with Crippen molar-refractivity contribution in [2.45, 2.75) is 26.3 Å². The summed E-state index contributed by atoms with van der Waals surface area (Å²) >= 11 is 6.99. The van der Waals surface area contributed by atoms with Crippen molar-refractivity contribution in [2.75, 3.05) is 11.9 Å². The molecule has 3 aromatic rings. The number of hydrogen-bond acceptors (Lipinski definition) is 6. The van der Waals surface area contributed by atoms with Crippen LogP contribution in [0.1, 0.15) is 41.5 Å². The molecule has 0 bridgehead atoms. The smallest absolute Gasteiger partial charge is 0.350 e. The standard InChI is InChI=1S/C23H22ClN3O4S/c1-3-31-22(30)21-20(16-7-5-4-6-8-16)27-23(32-21)26-19(29)13-18(25-14(2)28)15-9-11-17(24)12-10-15/h4-12,18H,3,13H2,1-2H3,(H,25,28)(H,26,27,29). The molecule has 0 spiro atoms. The Balaban J connectivity index is 1.82. The van der Waals surface area contributed by atoms with Crippen molar-refractivity contribution in [3.05, 3.63) is 70.1 Å². The van der Waals surface area contributed by atoms with Gasteiger partial charge in [-0.05, 0) is 24.6 Å². The molecule has 2 aromatic carbocycles. The molecule has 1 aromatic heterocycles. The van der Waals surface area contributed by atoms with E-state index in [-0.39, 0.29) is 30.0 Å². The molecule has 0 aliphatic carbocycles. The van der Waals surface area contributed by atoms with E-state index in [1.165, 1.54) is 6.92 Å². The number of amides is 2. The molecule has 1 unspecified atom stereocenters. The molecule has 0 saturated heterocycles. The second kappa shape index (κ2) is 10.9. The molecule has 0 radical (unpaired) electrons. The Bertz CT molecular complexity index is 1100. The fourth-order valence-corrected chi connectivity index (χ4v) is 4.07. The largest absolute Gasteiger partial charge is 0.462 e. The zero-order valence-corrected chi connectivity index (χ0v) is 19.1. The summed E-state index contributed by atoms with van der Waals surface area (Å²) in [7, 11) is 0. The Labute approximate surface area is 194 Å². The molecular formula is C23H22ClN3O4S. The first-order valence-corrected chi connectivity index (χ1v) is 11.1. The highest BCUT2D eigenvalue weighted by molar-refractivity contribution is 7.18. The minimum atomic E-state index is -0.539. The van der Waals surface area contributed by atoms with Crippen LogP contribution in [0.5, 0.6) is 0 Å². The molecule has 1 atom stereocenters. The fraction of sp³-hybridized carbons (Fsp3) is 0.217. The van der Waals surface area contributed by atoms with Gasteiger partial charge in [0.25, 0.3) is 0 Å². The molecule has 2 N–H and O–H groups in total. The van der Waals surface area contributed by atoms with E-state index in [4.69, 9.17) is 16.3 Å². The predicted molar refractivity (Wildman–Crippen MR) is 125 cm³/mol. The van der Waals surface area contributed by atoms with Crippen LogP contribution in [0.25, 0.3) is 11.3 Å². The van der Waals surface area contributed by atoms with Crippen LogP contribution in [0.15, 0.2) is 54.6 Å². The van der Waals surface area contributed by atoms with Crippen LogP contribution in [0.3, 0.4) is 0 Å². The Morgan fingerprint density at radius 3 is 2.41 bits per heavy atom. The summed E-state index contributed by atoms with van der Waals surface area (Å²) in [5, 5.41) is 6.34. The average Bonchev–Trinajstić information content (AvgIpc) is 3.18. The van der Waals surface area contributed by atoms with Gasteiger partial charge in [-0.1, -0.05) is 65.4 Å². The molecule has 2 amide bonds. The third-order valence-corrected chi connectivity index (χ3v) is 5.62. The van der Waals surface area contributed by atoms with Crippen molar-refractivity contribution in [3.8, 4) is 11.3 Å². The molecule has 3 rings (SSSR count). The van der Waals surface area contributed by atoms with Crippen LogP contribution in [-0.2, 0) is 14.3 Å². The normalized spacial score (nSPS) is 11.5. The number of carbonyl (C=O) groups is 3. The van der Waals surface area contributed by atoms with E-state index in [9.17, 15) is 14.4 Å². The number of ether oxygens (including phenoxy) is 1. The molecule has 166 valence electrons. The Kier molecular flexibility index (Phi) is 7.97. The SMILES string of the molecule is CCOC(=O)c1sc(NC(=O)CC(NC(C)=O)c2ccc(Cl)cc2)nc1-c1ccccc1. The van der Waals surface area contributed by atoms with Gasteiger partial charge in [0.1, 0.15) is 4.88 Å². The van der Waals surface area contributed by atoms with Crippen molar-refractivity contribution in [3.63, 3.8) is 0 Å². The van der Waals surface area contributed by atoms with Crippen LogP contribution in [0.2, 0.25) is 5.02 Å². The molecule has 0 saturated carbocycles. The van der Waals surface area contributed by atoms with Crippen LogP contribution >= 0.6 is 22.9 Å². The van der Waals surface area contributed by atoms with Crippen molar-refractivity contribution < 1.29 is 19.1 Å². The summed E-state index contributed by atoms with van der Waals surface area (Å²) in [6.07, 6.45) is -0.0177. The van der Waals surface area contributed by atoms with Gasteiger partial charge in [0.05, 0.1) is 24.8 Å². The maximum absolute atomic E-state index is 12.8. The number of anilines is 1. The van der Waals surface area contributed by atoms with Gasteiger partial charge in [-0.3, -0.25) is 9.59 Å². The topological polar surface area (TPSA) is 97.4 Å². The number of rotatable bonds is 8. The van der Waals surface area contributed by atoms with Crippen LogP contribution in [-0.4, -0.2) is 29.4 Å². The maximum Gasteiger partial charge on any atom is 0.350 e. The Hall–Kier alpha value is -3.23. The summed E-state index contributed by atoms with van der Waals surface area (Å²) in [5.41, 5.74) is 1.93. The van der Waals surface area contributed by atoms with Gasteiger partial charge < -0.3 is 15.4 Å². The molecule has 0 aliphatic heterocycles. The number of carbonyl (C=O) groups excluding carboxylic acids is 3. The predicted octanol–water partition coefficient (Wildman–Crippen LogP) is 4.85. The number of nitrogens with zero attached hydrogens (tertiary/aromatic N) is 1. The molecule has 0 fully saturated rings. The summed E-state index contributed by atoms with van der Waals surface area (Å²) in [6.45, 7) is 3.34. The van der Waals surface area contributed by atoms with Crippen molar-refractivity contribution in [2.24, 2.45) is 0 Å². The monoisotopic (exact) mass is 471 g/mol. The highest BCUT2D eigenvalue weighted by Gasteiger charge is 2.23. The minimum absolute atomic E-state index is 0.0177. The third-order valence-electron chi connectivity index (χ3n) is 4.42. The number of nitrogens with one attached hydrogen (secondary N) is 2. The Morgan fingerprint density at radius 1 is 1.09 bits per heavy atom. The number of halogens is 1. The molecule has 9 heteroatoms. The van der Waals surface area contributed by atoms with Gasteiger partial charge in [-0.15, -0.1) is 0 Å². The van der Waals surface area contributed by atoms with Gasteiger partial charge in [-0.2, -0.15) is 0 Å². The van der Waals surface area contributed by atoms with E-state index in [0.29, 0.717) is 15.6 Å². The average molecular weight is 472 g/mol. The maximum atomic E-state index is 12.8. The molecule has 32 heavy (non-hydrogen) atoms. The van der Waals surface area contributed by atoms with E-state index in [2.05, 4.69) is 15.6 Å². The lowest BCUT2D eigenvalue weighted by atomic mass is 10.0. The van der Waals surface area contributed by atoms with E-state index in [0.717, 1.165) is 22.5 Å². The number of esters is 1. The molecular weight excluding hydrogens is 450 g/mol. The zero-order chi connectivity index (χ0) is 23.1. The van der Waals surface area contributed by atoms with Gasteiger partial charge >= 0.3 is 5.97 Å². The van der Waals surface area contributed by atoms with Crippen molar-refractivity contribution in [1.82, 2.24) is 10.3 Å². The second-order valence-electron chi connectivity index (χ2n) is 6.84. The highest BCUT2D eigenvalue weighted by Crippen LogP contribution is 2.32. The molecule has 1 heterocycles. The number of aromatic nitrogens is 1. The first-order chi connectivity index (χ1) is 15.4. The third kappa shape index (κ3) is 6.15. The Morgan fingerprint density at radius 2 is 1.78 bits per heavy atom. The summed E-state index contributed by atoms with van der Waals surface area (Å²) in [6, 6.07) is 15.6. The lowest BCUT2D eigenvalue weighted by molar-refractivity contribution is -0.120. The van der Waals surface area contributed by atoms with Gasteiger partial charge in [0, 0.05) is 17.5 Å².